The predicted octanol–water partition coefficient (Wildman–Crippen LogP) is 2.84. The van der Waals surface area contributed by atoms with Crippen LogP contribution in [0.4, 0.5) is 5.69 Å². The lowest BCUT2D eigenvalue weighted by molar-refractivity contribution is -0.114. The average Bonchev–Trinajstić information content (AvgIpc) is 2.68. The van der Waals surface area contributed by atoms with Crippen molar-refractivity contribution in [3.05, 3.63) is 60.2 Å². The molecular formula is C21H27N3O3S. The Bertz CT molecular complexity index is 883. The van der Waals surface area contributed by atoms with E-state index in [0.717, 1.165) is 32.5 Å². The van der Waals surface area contributed by atoms with Crippen molar-refractivity contribution < 1.29 is 13.2 Å². The summed E-state index contributed by atoms with van der Waals surface area (Å²) in [5, 5.41) is 2.63. The number of nitrogens with one attached hydrogen (secondary N) is 2. The first-order valence-corrected chi connectivity index (χ1v) is 11.0. The fourth-order valence-corrected chi connectivity index (χ4v) is 4.65. The maximum absolute atomic E-state index is 12.6. The molecule has 3 rings (SSSR count). The highest BCUT2D eigenvalue weighted by Gasteiger charge is 2.22. The molecule has 0 aliphatic carbocycles. The van der Waals surface area contributed by atoms with E-state index in [4.69, 9.17) is 0 Å². The van der Waals surface area contributed by atoms with Crippen LogP contribution in [0.2, 0.25) is 0 Å². The molecule has 1 unspecified atom stereocenters. The number of hydrogen-bond acceptors (Lipinski definition) is 4. The highest BCUT2D eigenvalue weighted by Crippen LogP contribution is 2.19. The second-order valence-electron chi connectivity index (χ2n) is 7.29. The summed E-state index contributed by atoms with van der Waals surface area (Å²) in [5.74, 6) is 0.108. The number of benzene rings is 2. The van der Waals surface area contributed by atoms with E-state index in [9.17, 15) is 13.2 Å². The Morgan fingerprint density at radius 3 is 2.50 bits per heavy atom. The molecule has 1 aliphatic heterocycles. The van der Waals surface area contributed by atoms with Crippen LogP contribution in [0.15, 0.2) is 59.5 Å². The Hall–Kier alpha value is -2.22. The summed E-state index contributed by atoms with van der Waals surface area (Å²) in [6, 6.07) is 16.6. The molecule has 2 aromatic carbocycles. The molecule has 2 aromatic rings. The molecule has 28 heavy (non-hydrogen) atoms. The molecule has 6 nitrogen and oxygen atoms in total. The fourth-order valence-electron chi connectivity index (χ4n) is 3.53. The van der Waals surface area contributed by atoms with E-state index in [1.807, 2.05) is 18.2 Å². The first kappa shape index (κ1) is 20.5. The summed E-state index contributed by atoms with van der Waals surface area (Å²) in [4.78, 5) is 13.7. The predicted molar refractivity (Wildman–Crippen MR) is 110 cm³/mol. The van der Waals surface area contributed by atoms with Gasteiger partial charge in [-0.2, -0.15) is 0 Å². The quantitative estimate of drug-likeness (QED) is 0.748. The third-order valence-corrected chi connectivity index (χ3v) is 6.34. The van der Waals surface area contributed by atoms with Crippen molar-refractivity contribution in [3.8, 4) is 0 Å². The van der Waals surface area contributed by atoms with Gasteiger partial charge < -0.3 is 5.32 Å². The van der Waals surface area contributed by atoms with Crippen molar-refractivity contribution in [3.63, 3.8) is 0 Å². The maximum Gasteiger partial charge on any atom is 0.240 e. The van der Waals surface area contributed by atoms with Crippen molar-refractivity contribution in [2.45, 2.75) is 31.2 Å². The molecule has 0 radical (unpaired) electrons. The summed E-state index contributed by atoms with van der Waals surface area (Å²) in [6.45, 7) is 4.68. The first-order chi connectivity index (χ1) is 13.4. The average molecular weight is 402 g/mol. The molecule has 1 saturated heterocycles. The van der Waals surface area contributed by atoms with Gasteiger partial charge in [0.1, 0.15) is 0 Å². The van der Waals surface area contributed by atoms with E-state index in [0.29, 0.717) is 18.2 Å². The van der Waals surface area contributed by atoms with Crippen molar-refractivity contribution in [1.82, 2.24) is 9.62 Å². The minimum absolute atomic E-state index is 0.189. The number of amides is 1. The lowest BCUT2D eigenvalue weighted by Gasteiger charge is -2.32. The number of sulfonamides is 1. The van der Waals surface area contributed by atoms with Crippen LogP contribution in [0.5, 0.6) is 0 Å². The second kappa shape index (κ2) is 9.32. The van der Waals surface area contributed by atoms with Gasteiger partial charge in [-0.1, -0.05) is 30.3 Å². The topological polar surface area (TPSA) is 78.5 Å². The zero-order valence-electron chi connectivity index (χ0n) is 16.1. The Labute approximate surface area is 167 Å². The van der Waals surface area contributed by atoms with Crippen LogP contribution in [-0.4, -0.2) is 38.9 Å². The number of anilines is 1. The van der Waals surface area contributed by atoms with Crippen LogP contribution >= 0.6 is 0 Å². The van der Waals surface area contributed by atoms with Crippen LogP contribution in [-0.2, 0) is 21.4 Å². The molecule has 1 amide bonds. The molecule has 2 N–H and O–H groups in total. The van der Waals surface area contributed by atoms with Crippen molar-refractivity contribution in [2.24, 2.45) is 5.92 Å². The fraction of sp³-hybridized carbons (Fsp3) is 0.381. The highest BCUT2D eigenvalue weighted by molar-refractivity contribution is 7.89. The Morgan fingerprint density at radius 1 is 1.11 bits per heavy atom. The zero-order chi connectivity index (χ0) is 20.0. The van der Waals surface area contributed by atoms with E-state index in [1.165, 1.54) is 24.6 Å². The Kier molecular flexibility index (Phi) is 6.83. The van der Waals surface area contributed by atoms with E-state index in [2.05, 4.69) is 27.1 Å². The van der Waals surface area contributed by atoms with Gasteiger partial charge in [0.05, 0.1) is 4.90 Å². The highest BCUT2D eigenvalue weighted by atomic mass is 32.2. The Balaban J connectivity index is 1.54. The van der Waals surface area contributed by atoms with Gasteiger partial charge in [-0.05, 0) is 55.1 Å². The van der Waals surface area contributed by atoms with Crippen LogP contribution in [0, 0.1) is 5.92 Å². The van der Waals surface area contributed by atoms with Gasteiger partial charge in [-0.15, -0.1) is 0 Å². The third-order valence-electron chi connectivity index (χ3n) is 4.90. The molecule has 1 fully saturated rings. The van der Waals surface area contributed by atoms with E-state index in [-0.39, 0.29) is 10.8 Å². The number of carbonyl (C=O) groups is 1. The van der Waals surface area contributed by atoms with Crippen LogP contribution < -0.4 is 10.0 Å². The second-order valence-corrected chi connectivity index (χ2v) is 9.05. The smallest absolute Gasteiger partial charge is 0.240 e. The molecule has 0 spiro atoms. The monoisotopic (exact) mass is 401 g/mol. The maximum atomic E-state index is 12.6. The van der Waals surface area contributed by atoms with Gasteiger partial charge in [0.2, 0.25) is 15.9 Å². The third kappa shape index (κ3) is 5.89. The molecular weight excluding hydrogens is 374 g/mol. The normalized spacial score (nSPS) is 18.0. The minimum Gasteiger partial charge on any atom is -0.326 e. The minimum atomic E-state index is -3.56. The number of carbonyl (C=O) groups excluding carboxylic acids is 1. The molecule has 1 atom stereocenters. The molecule has 7 heteroatoms. The zero-order valence-corrected chi connectivity index (χ0v) is 16.9. The number of nitrogens with zero attached hydrogens (tertiary/aromatic N) is 1. The molecule has 0 saturated carbocycles. The van der Waals surface area contributed by atoms with E-state index in [1.54, 1.807) is 12.1 Å². The Morgan fingerprint density at radius 2 is 1.82 bits per heavy atom. The van der Waals surface area contributed by atoms with Gasteiger partial charge in [0.25, 0.3) is 0 Å². The van der Waals surface area contributed by atoms with Gasteiger partial charge in [-0.25, -0.2) is 13.1 Å². The van der Waals surface area contributed by atoms with Gasteiger partial charge in [0, 0.05) is 32.2 Å². The largest absolute Gasteiger partial charge is 0.326 e. The summed E-state index contributed by atoms with van der Waals surface area (Å²) in [6.07, 6.45) is 2.10. The summed E-state index contributed by atoms with van der Waals surface area (Å²) < 4.78 is 27.9. The van der Waals surface area contributed by atoms with Gasteiger partial charge in [0.15, 0.2) is 0 Å². The number of hydrogen-bond donors (Lipinski definition) is 2. The van der Waals surface area contributed by atoms with Gasteiger partial charge in [-0.3, -0.25) is 9.69 Å². The van der Waals surface area contributed by atoms with Crippen molar-refractivity contribution >= 4 is 21.6 Å². The number of rotatable bonds is 7. The molecule has 0 bridgehead atoms. The summed E-state index contributed by atoms with van der Waals surface area (Å²) >= 11 is 0. The standard InChI is InChI=1S/C21H27N3O3S/c1-17(25)23-20-9-11-21(12-10-20)28(26,27)22-14-19-8-5-13-24(16-19)15-18-6-3-2-4-7-18/h2-4,6-7,9-12,19,22H,5,8,13-16H2,1H3,(H,23,25). The SMILES string of the molecule is CC(=O)Nc1ccc(S(=O)(=O)NCC2CCCN(Cc3ccccc3)C2)cc1. The van der Waals surface area contributed by atoms with Crippen molar-refractivity contribution in [2.75, 3.05) is 25.0 Å². The van der Waals surface area contributed by atoms with Crippen molar-refractivity contribution in [1.29, 1.82) is 0 Å². The first-order valence-electron chi connectivity index (χ1n) is 9.56. The van der Waals surface area contributed by atoms with Gasteiger partial charge >= 0.3 is 0 Å². The number of likely N-dealkylation sites (tertiary alicyclic amines) is 1. The molecule has 0 aromatic heterocycles. The van der Waals surface area contributed by atoms with E-state index >= 15 is 0 Å². The van der Waals surface area contributed by atoms with Crippen LogP contribution in [0.3, 0.4) is 0 Å². The van der Waals surface area contributed by atoms with E-state index < -0.39 is 10.0 Å². The van der Waals surface area contributed by atoms with Crippen LogP contribution in [0.25, 0.3) is 0 Å². The lowest BCUT2D eigenvalue weighted by atomic mass is 9.98. The molecule has 150 valence electrons. The number of piperidine rings is 1. The molecule has 1 heterocycles. The summed E-state index contributed by atoms with van der Waals surface area (Å²) in [5.41, 5.74) is 1.86. The van der Waals surface area contributed by atoms with Crippen LogP contribution in [0.1, 0.15) is 25.3 Å². The summed E-state index contributed by atoms with van der Waals surface area (Å²) in [7, 11) is -3.56. The molecule has 1 aliphatic rings. The lowest BCUT2D eigenvalue weighted by Crippen LogP contribution is -2.40.